The summed E-state index contributed by atoms with van der Waals surface area (Å²) in [5.74, 6) is 0.821. The van der Waals surface area contributed by atoms with Gasteiger partial charge in [-0.15, -0.1) is 0 Å². The van der Waals surface area contributed by atoms with Crippen molar-refractivity contribution < 1.29 is 9.84 Å². The molecule has 3 nitrogen and oxygen atoms in total. The molecule has 72 valence electrons. The normalized spacial score (nSPS) is 12.7. The molecule has 1 unspecified atom stereocenters. The Morgan fingerprint density at radius 1 is 1.31 bits per heavy atom. The Balaban J connectivity index is 3.23. The molecule has 0 aliphatic rings. The van der Waals surface area contributed by atoms with Crippen molar-refractivity contribution >= 4 is 0 Å². The Hall–Kier alpha value is -1.06. The zero-order chi connectivity index (χ0) is 10.0. The van der Waals surface area contributed by atoms with Gasteiger partial charge >= 0.3 is 0 Å². The van der Waals surface area contributed by atoms with Gasteiger partial charge in [-0.2, -0.15) is 0 Å². The highest BCUT2D eigenvalue weighted by Gasteiger charge is 2.09. The monoisotopic (exact) mass is 181 g/mol. The van der Waals surface area contributed by atoms with E-state index in [2.05, 4.69) is 0 Å². The maximum absolute atomic E-state index is 9.23. The fraction of sp³-hybridized carbons (Fsp3) is 0.400. The molecular weight excluding hydrogens is 166 g/mol. The van der Waals surface area contributed by atoms with E-state index in [4.69, 9.17) is 10.5 Å². The second kappa shape index (κ2) is 3.77. The van der Waals surface area contributed by atoms with Crippen molar-refractivity contribution in [1.82, 2.24) is 0 Å². The first-order valence-corrected chi connectivity index (χ1v) is 4.15. The standard InChI is InChI=1S/C10H15NO2/c1-6-7(2)9(13-3)5-4-8(6)10(11)12/h4-5,10,12H,11H2,1-3H3. The predicted molar refractivity (Wildman–Crippen MR) is 51.6 cm³/mol. The fourth-order valence-electron chi connectivity index (χ4n) is 1.36. The molecule has 1 aromatic carbocycles. The van der Waals surface area contributed by atoms with Gasteiger partial charge in [0.2, 0.25) is 0 Å². The smallest absolute Gasteiger partial charge is 0.128 e. The molecule has 0 aromatic heterocycles. The average Bonchev–Trinajstić information content (AvgIpc) is 2.09. The van der Waals surface area contributed by atoms with Crippen LogP contribution in [-0.4, -0.2) is 12.2 Å². The number of rotatable bonds is 2. The number of hydrogen-bond acceptors (Lipinski definition) is 3. The van der Waals surface area contributed by atoms with E-state index in [9.17, 15) is 5.11 Å². The Kier molecular flexibility index (Phi) is 2.90. The summed E-state index contributed by atoms with van der Waals surface area (Å²) in [7, 11) is 1.63. The predicted octanol–water partition coefficient (Wildman–Crippen LogP) is 1.26. The summed E-state index contributed by atoms with van der Waals surface area (Å²) in [6.45, 7) is 3.86. The summed E-state index contributed by atoms with van der Waals surface area (Å²) < 4.78 is 5.14. The molecule has 1 rings (SSSR count). The quantitative estimate of drug-likeness (QED) is 0.675. The third-order valence-corrected chi connectivity index (χ3v) is 2.32. The minimum Gasteiger partial charge on any atom is -0.496 e. The Bertz CT molecular complexity index is 308. The van der Waals surface area contributed by atoms with Crippen LogP contribution in [0.15, 0.2) is 12.1 Å². The summed E-state index contributed by atoms with van der Waals surface area (Å²) >= 11 is 0. The number of ether oxygens (including phenoxy) is 1. The van der Waals surface area contributed by atoms with Crippen LogP contribution in [0, 0.1) is 13.8 Å². The van der Waals surface area contributed by atoms with Crippen LogP contribution < -0.4 is 10.5 Å². The first-order chi connectivity index (χ1) is 6.07. The van der Waals surface area contributed by atoms with Crippen LogP contribution in [0.4, 0.5) is 0 Å². The zero-order valence-corrected chi connectivity index (χ0v) is 8.16. The molecule has 0 spiro atoms. The van der Waals surface area contributed by atoms with Crippen molar-refractivity contribution in [3.05, 3.63) is 28.8 Å². The van der Waals surface area contributed by atoms with Crippen molar-refractivity contribution in [2.45, 2.75) is 20.1 Å². The molecule has 1 atom stereocenters. The van der Waals surface area contributed by atoms with Crippen LogP contribution in [0.1, 0.15) is 22.9 Å². The molecule has 3 N–H and O–H groups in total. The van der Waals surface area contributed by atoms with Crippen LogP contribution in [0.25, 0.3) is 0 Å². The minimum absolute atomic E-state index is 0.748. The molecule has 0 bridgehead atoms. The molecule has 1 aromatic rings. The van der Waals surface area contributed by atoms with Crippen molar-refractivity contribution in [2.75, 3.05) is 7.11 Å². The molecular formula is C10H15NO2. The van der Waals surface area contributed by atoms with Gasteiger partial charge in [-0.25, -0.2) is 0 Å². The number of nitrogens with two attached hydrogens (primary N) is 1. The number of aliphatic hydroxyl groups excluding tert-OH is 1. The summed E-state index contributed by atoms with van der Waals surface area (Å²) in [4.78, 5) is 0. The molecule has 0 amide bonds. The molecule has 0 aliphatic carbocycles. The summed E-state index contributed by atoms with van der Waals surface area (Å²) in [5, 5.41) is 9.23. The highest BCUT2D eigenvalue weighted by Crippen LogP contribution is 2.25. The van der Waals surface area contributed by atoms with Crippen molar-refractivity contribution in [3.8, 4) is 5.75 Å². The lowest BCUT2D eigenvalue weighted by Crippen LogP contribution is -2.11. The summed E-state index contributed by atoms with van der Waals surface area (Å²) in [6.07, 6.45) is -0.912. The second-order valence-electron chi connectivity index (χ2n) is 3.05. The van der Waals surface area contributed by atoms with E-state index < -0.39 is 6.23 Å². The summed E-state index contributed by atoms with van der Waals surface area (Å²) in [5.41, 5.74) is 8.14. The van der Waals surface area contributed by atoms with Crippen LogP contribution in [-0.2, 0) is 0 Å². The SMILES string of the molecule is COc1ccc(C(N)O)c(C)c1C. The van der Waals surface area contributed by atoms with Crippen LogP contribution in [0.3, 0.4) is 0 Å². The average molecular weight is 181 g/mol. The Morgan fingerprint density at radius 2 is 1.92 bits per heavy atom. The van der Waals surface area contributed by atoms with E-state index in [1.165, 1.54) is 0 Å². The van der Waals surface area contributed by atoms with Gasteiger partial charge in [0.05, 0.1) is 7.11 Å². The van der Waals surface area contributed by atoms with Gasteiger partial charge in [-0.1, -0.05) is 6.07 Å². The third-order valence-electron chi connectivity index (χ3n) is 2.32. The topological polar surface area (TPSA) is 55.5 Å². The largest absolute Gasteiger partial charge is 0.496 e. The first kappa shape index (κ1) is 10.0. The highest BCUT2D eigenvalue weighted by molar-refractivity contribution is 5.44. The molecule has 0 fully saturated rings. The number of aliphatic hydroxyl groups is 1. The van der Waals surface area contributed by atoms with E-state index in [1.807, 2.05) is 19.9 Å². The number of methoxy groups -OCH3 is 1. The third kappa shape index (κ3) is 1.82. The van der Waals surface area contributed by atoms with Gasteiger partial charge in [0.15, 0.2) is 0 Å². The van der Waals surface area contributed by atoms with Crippen LogP contribution in [0.5, 0.6) is 5.75 Å². The van der Waals surface area contributed by atoms with E-state index in [0.717, 1.165) is 22.4 Å². The lowest BCUT2D eigenvalue weighted by atomic mass is 10.0. The Morgan fingerprint density at radius 3 is 2.38 bits per heavy atom. The lowest BCUT2D eigenvalue weighted by Gasteiger charge is -2.13. The molecule has 13 heavy (non-hydrogen) atoms. The van der Waals surface area contributed by atoms with Crippen molar-refractivity contribution in [1.29, 1.82) is 0 Å². The van der Waals surface area contributed by atoms with Crippen LogP contribution in [0.2, 0.25) is 0 Å². The van der Waals surface area contributed by atoms with E-state index in [0.29, 0.717) is 0 Å². The van der Waals surface area contributed by atoms with Gasteiger partial charge in [0, 0.05) is 0 Å². The molecule has 3 heteroatoms. The first-order valence-electron chi connectivity index (χ1n) is 4.15. The van der Waals surface area contributed by atoms with Crippen molar-refractivity contribution in [3.63, 3.8) is 0 Å². The number of benzene rings is 1. The maximum atomic E-state index is 9.23. The van der Waals surface area contributed by atoms with Gasteiger partial charge < -0.3 is 15.6 Å². The van der Waals surface area contributed by atoms with Gasteiger partial charge in [-0.3, -0.25) is 0 Å². The Labute approximate surface area is 78.1 Å². The van der Waals surface area contributed by atoms with Gasteiger partial charge in [-0.05, 0) is 36.6 Å². The van der Waals surface area contributed by atoms with Gasteiger partial charge in [0.1, 0.15) is 12.0 Å². The zero-order valence-electron chi connectivity index (χ0n) is 8.16. The fourth-order valence-corrected chi connectivity index (χ4v) is 1.36. The minimum atomic E-state index is -0.912. The van der Waals surface area contributed by atoms with Crippen molar-refractivity contribution in [2.24, 2.45) is 5.73 Å². The molecule has 0 radical (unpaired) electrons. The lowest BCUT2D eigenvalue weighted by molar-refractivity contribution is 0.185. The molecule has 0 heterocycles. The van der Waals surface area contributed by atoms with E-state index in [1.54, 1.807) is 13.2 Å². The highest BCUT2D eigenvalue weighted by atomic mass is 16.5. The second-order valence-corrected chi connectivity index (χ2v) is 3.05. The summed E-state index contributed by atoms with van der Waals surface area (Å²) in [6, 6.07) is 3.60. The molecule has 0 saturated carbocycles. The van der Waals surface area contributed by atoms with Gasteiger partial charge in [0.25, 0.3) is 0 Å². The van der Waals surface area contributed by atoms with Crippen LogP contribution >= 0.6 is 0 Å². The van der Waals surface area contributed by atoms with E-state index >= 15 is 0 Å². The molecule has 0 aliphatic heterocycles. The number of hydrogen-bond donors (Lipinski definition) is 2. The van der Waals surface area contributed by atoms with E-state index in [-0.39, 0.29) is 0 Å². The maximum Gasteiger partial charge on any atom is 0.128 e. The molecule has 0 saturated heterocycles.